The Morgan fingerprint density at radius 2 is 1.87 bits per heavy atom. The summed E-state index contributed by atoms with van der Waals surface area (Å²) in [6.45, 7) is 6.66. The molecule has 1 spiro atoms. The van der Waals surface area contributed by atoms with Crippen LogP contribution in [0.5, 0.6) is 0 Å². The molecule has 1 aliphatic heterocycles. The first-order valence-corrected chi connectivity index (χ1v) is 5.94. The summed E-state index contributed by atoms with van der Waals surface area (Å²) in [6.07, 6.45) is 5.80. The molecule has 1 saturated heterocycles. The second-order valence-corrected chi connectivity index (χ2v) is 5.81. The van der Waals surface area contributed by atoms with Gasteiger partial charge < -0.3 is 9.64 Å². The highest BCUT2D eigenvalue weighted by Crippen LogP contribution is 2.48. The highest BCUT2D eigenvalue weighted by Gasteiger charge is 2.51. The summed E-state index contributed by atoms with van der Waals surface area (Å²) < 4.78 is 5.44. The molecule has 0 aromatic carbocycles. The van der Waals surface area contributed by atoms with Gasteiger partial charge in [0.25, 0.3) is 0 Å². The monoisotopic (exact) mass is 211 g/mol. The Morgan fingerprint density at radius 1 is 1.20 bits per heavy atom. The lowest BCUT2D eigenvalue weighted by atomic mass is 10.0. The van der Waals surface area contributed by atoms with E-state index in [0.717, 1.165) is 13.0 Å². The molecule has 1 amide bonds. The smallest absolute Gasteiger partial charge is 0.410 e. The quantitative estimate of drug-likeness (QED) is 0.616. The van der Waals surface area contributed by atoms with Crippen molar-refractivity contribution in [2.75, 3.05) is 6.54 Å². The average Bonchev–Trinajstić information content (AvgIpc) is 2.83. The van der Waals surface area contributed by atoms with Crippen LogP contribution in [-0.2, 0) is 4.74 Å². The second-order valence-electron chi connectivity index (χ2n) is 5.81. The molecular formula is C12H21NO2. The summed E-state index contributed by atoms with van der Waals surface area (Å²) in [7, 11) is 0. The van der Waals surface area contributed by atoms with Crippen LogP contribution in [0.4, 0.5) is 4.79 Å². The molecule has 0 aromatic rings. The lowest BCUT2D eigenvalue weighted by Crippen LogP contribution is -2.47. The summed E-state index contributed by atoms with van der Waals surface area (Å²) >= 11 is 0. The number of likely N-dealkylation sites (tertiary alicyclic amines) is 1. The first-order valence-electron chi connectivity index (χ1n) is 5.94. The largest absolute Gasteiger partial charge is 0.444 e. The summed E-state index contributed by atoms with van der Waals surface area (Å²) in [5.41, 5.74) is -0.175. The lowest BCUT2D eigenvalue weighted by Gasteiger charge is -2.37. The molecule has 0 aromatic heterocycles. The Bertz CT molecular complexity index is 263. The van der Waals surface area contributed by atoms with E-state index >= 15 is 0 Å². The van der Waals surface area contributed by atoms with E-state index in [9.17, 15) is 4.79 Å². The molecule has 3 heteroatoms. The van der Waals surface area contributed by atoms with Crippen molar-refractivity contribution in [2.24, 2.45) is 0 Å². The predicted molar refractivity (Wildman–Crippen MR) is 58.8 cm³/mol. The summed E-state index contributed by atoms with van der Waals surface area (Å²) in [4.78, 5) is 13.9. The van der Waals surface area contributed by atoms with E-state index in [2.05, 4.69) is 0 Å². The number of carbonyl (C=O) groups excluding carboxylic acids is 1. The molecule has 3 nitrogen and oxygen atoms in total. The topological polar surface area (TPSA) is 29.5 Å². The zero-order valence-electron chi connectivity index (χ0n) is 10.0. The Balaban J connectivity index is 2.00. The molecular weight excluding hydrogens is 190 g/mol. The molecule has 1 heterocycles. The Kier molecular flexibility index (Phi) is 2.44. The minimum atomic E-state index is -0.370. The molecule has 2 rings (SSSR count). The molecule has 15 heavy (non-hydrogen) atoms. The number of piperidine rings is 1. The van der Waals surface area contributed by atoms with Gasteiger partial charge in [-0.1, -0.05) is 0 Å². The SMILES string of the molecule is CC(C)(C)OC(=O)N1CCCCC12CC2. The molecule has 1 saturated carbocycles. The second kappa shape index (κ2) is 3.39. The van der Waals surface area contributed by atoms with E-state index in [1.165, 1.54) is 25.7 Å². The van der Waals surface area contributed by atoms with Gasteiger partial charge in [-0.2, -0.15) is 0 Å². The van der Waals surface area contributed by atoms with Gasteiger partial charge in [-0.25, -0.2) is 4.79 Å². The number of ether oxygens (including phenoxy) is 1. The van der Waals surface area contributed by atoms with E-state index in [1.54, 1.807) is 0 Å². The first kappa shape index (κ1) is 10.8. The highest BCUT2D eigenvalue weighted by molar-refractivity contribution is 5.70. The van der Waals surface area contributed by atoms with Crippen LogP contribution in [0.2, 0.25) is 0 Å². The molecule has 0 atom stereocenters. The standard InChI is InChI=1S/C12H21NO2/c1-11(2,3)15-10(14)13-9-5-4-6-12(13)7-8-12/h4-9H2,1-3H3. The van der Waals surface area contributed by atoms with Crippen molar-refractivity contribution in [1.29, 1.82) is 0 Å². The molecule has 0 radical (unpaired) electrons. The fourth-order valence-electron chi connectivity index (χ4n) is 2.36. The van der Waals surface area contributed by atoms with Crippen LogP contribution in [0, 0.1) is 0 Å². The number of hydrogen-bond acceptors (Lipinski definition) is 2. The third-order valence-corrected chi connectivity index (χ3v) is 3.29. The van der Waals surface area contributed by atoms with Crippen LogP contribution >= 0.6 is 0 Å². The van der Waals surface area contributed by atoms with Gasteiger partial charge in [0.05, 0.1) is 0 Å². The van der Waals surface area contributed by atoms with Gasteiger partial charge in [0.1, 0.15) is 5.60 Å². The zero-order valence-corrected chi connectivity index (χ0v) is 10.0. The summed E-state index contributed by atoms with van der Waals surface area (Å²) in [6, 6.07) is 0. The van der Waals surface area contributed by atoms with Crippen molar-refractivity contribution in [3.05, 3.63) is 0 Å². The van der Waals surface area contributed by atoms with Gasteiger partial charge in [-0.15, -0.1) is 0 Å². The molecule has 86 valence electrons. The summed E-state index contributed by atoms with van der Waals surface area (Å²) in [5.74, 6) is 0. The molecule has 0 bridgehead atoms. The minimum absolute atomic E-state index is 0.111. The Hall–Kier alpha value is -0.730. The zero-order chi connectivity index (χ0) is 11.1. The van der Waals surface area contributed by atoms with Crippen LogP contribution in [0.25, 0.3) is 0 Å². The maximum atomic E-state index is 12.0. The molecule has 2 fully saturated rings. The van der Waals surface area contributed by atoms with Crippen molar-refractivity contribution >= 4 is 6.09 Å². The van der Waals surface area contributed by atoms with Gasteiger partial charge in [-0.05, 0) is 52.9 Å². The van der Waals surface area contributed by atoms with Crippen LogP contribution in [0.15, 0.2) is 0 Å². The number of carbonyl (C=O) groups is 1. The van der Waals surface area contributed by atoms with Gasteiger partial charge >= 0.3 is 6.09 Å². The minimum Gasteiger partial charge on any atom is -0.444 e. The third-order valence-electron chi connectivity index (χ3n) is 3.29. The third kappa shape index (κ3) is 2.27. The van der Waals surface area contributed by atoms with Crippen LogP contribution < -0.4 is 0 Å². The summed E-state index contributed by atoms with van der Waals surface area (Å²) in [5, 5.41) is 0. The Labute approximate surface area is 91.8 Å². The van der Waals surface area contributed by atoms with E-state index in [1.807, 2.05) is 25.7 Å². The van der Waals surface area contributed by atoms with Crippen molar-refractivity contribution < 1.29 is 9.53 Å². The van der Waals surface area contributed by atoms with Crippen molar-refractivity contribution in [2.45, 2.75) is 64.0 Å². The molecule has 0 unspecified atom stereocenters. The normalized spacial score (nSPS) is 24.1. The number of amides is 1. The van der Waals surface area contributed by atoms with Crippen LogP contribution in [-0.4, -0.2) is 28.7 Å². The van der Waals surface area contributed by atoms with E-state index in [0.29, 0.717) is 0 Å². The van der Waals surface area contributed by atoms with Crippen molar-refractivity contribution in [3.8, 4) is 0 Å². The van der Waals surface area contributed by atoms with Gasteiger partial charge in [0.15, 0.2) is 0 Å². The van der Waals surface area contributed by atoms with Crippen LogP contribution in [0.1, 0.15) is 52.9 Å². The predicted octanol–water partition coefficient (Wildman–Crippen LogP) is 2.94. The average molecular weight is 211 g/mol. The molecule has 1 aliphatic carbocycles. The van der Waals surface area contributed by atoms with Gasteiger partial charge in [0.2, 0.25) is 0 Å². The van der Waals surface area contributed by atoms with Crippen molar-refractivity contribution in [3.63, 3.8) is 0 Å². The maximum absolute atomic E-state index is 12.0. The van der Waals surface area contributed by atoms with E-state index < -0.39 is 0 Å². The molecule has 2 aliphatic rings. The number of hydrogen-bond donors (Lipinski definition) is 0. The van der Waals surface area contributed by atoms with Crippen molar-refractivity contribution in [1.82, 2.24) is 4.90 Å². The highest BCUT2D eigenvalue weighted by atomic mass is 16.6. The lowest BCUT2D eigenvalue weighted by molar-refractivity contribution is 0.00584. The Morgan fingerprint density at radius 3 is 2.40 bits per heavy atom. The van der Waals surface area contributed by atoms with E-state index in [-0.39, 0.29) is 17.2 Å². The fourth-order valence-corrected chi connectivity index (χ4v) is 2.36. The van der Waals surface area contributed by atoms with Gasteiger partial charge in [0, 0.05) is 12.1 Å². The van der Waals surface area contributed by atoms with Crippen LogP contribution in [0.3, 0.4) is 0 Å². The van der Waals surface area contributed by atoms with Gasteiger partial charge in [-0.3, -0.25) is 0 Å². The maximum Gasteiger partial charge on any atom is 0.410 e. The molecule has 0 N–H and O–H groups in total. The fraction of sp³-hybridized carbons (Fsp3) is 0.917. The van der Waals surface area contributed by atoms with E-state index in [4.69, 9.17) is 4.74 Å². The number of nitrogens with zero attached hydrogens (tertiary/aromatic N) is 1. The first-order chi connectivity index (χ1) is 6.93. The number of rotatable bonds is 0.